The van der Waals surface area contributed by atoms with Gasteiger partial charge >= 0.3 is 0 Å². The van der Waals surface area contributed by atoms with Crippen molar-refractivity contribution in [1.29, 1.82) is 0 Å². The molecular weight excluding hydrogens is 194 g/mol. The van der Waals surface area contributed by atoms with Crippen molar-refractivity contribution in [1.82, 2.24) is 5.32 Å². The Bertz CT molecular complexity index is 297. The molecule has 2 nitrogen and oxygen atoms in total. The van der Waals surface area contributed by atoms with Crippen LogP contribution in [0.15, 0.2) is 16.7 Å². The quantitative estimate of drug-likeness (QED) is 0.831. The minimum atomic E-state index is 0.675. The normalized spacial score (nSPS) is 27.0. The van der Waals surface area contributed by atoms with E-state index in [-0.39, 0.29) is 0 Å². The molecule has 0 aliphatic carbocycles. The Hall–Kier alpha value is -0.410. The van der Waals surface area contributed by atoms with Crippen molar-refractivity contribution in [3.05, 3.63) is 23.7 Å². The maximum absolute atomic E-state index is 5.26. The third-order valence-corrected chi connectivity index (χ3v) is 4.24. The van der Waals surface area contributed by atoms with Crippen LogP contribution >= 0.6 is 11.8 Å². The van der Waals surface area contributed by atoms with Crippen LogP contribution in [0.3, 0.4) is 0 Å². The molecule has 14 heavy (non-hydrogen) atoms. The zero-order chi connectivity index (χ0) is 9.97. The van der Waals surface area contributed by atoms with Crippen LogP contribution in [0, 0.1) is 12.8 Å². The van der Waals surface area contributed by atoms with Crippen molar-refractivity contribution in [2.24, 2.45) is 5.92 Å². The van der Waals surface area contributed by atoms with E-state index in [2.05, 4.69) is 18.3 Å². The van der Waals surface area contributed by atoms with E-state index in [0.29, 0.717) is 6.04 Å². The molecule has 78 valence electrons. The van der Waals surface area contributed by atoms with Gasteiger partial charge in [-0.05, 0) is 24.7 Å². The molecule has 0 amide bonds. The smallest absolute Gasteiger partial charge is 0.105 e. The first kappa shape index (κ1) is 10.1. The highest BCUT2D eigenvalue weighted by atomic mass is 32.2. The maximum atomic E-state index is 5.26. The summed E-state index contributed by atoms with van der Waals surface area (Å²) >= 11 is 2.05. The van der Waals surface area contributed by atoms with Gasteiger partial charge in [0, 0.05) is 23.9 Å². The number of hydrogen-bond acceptors (Lipinski definition) is 3. The molecule has 0 aromatic carbocycles. The van der Waals surface area contributed by atoms with Gasteiger partial charge in [0.2, 0.25) is 0 Å². The SMILES string of the molecule is Cc1occc1CNC1CSCC1C. The first-order valence-corrected chi connectivity index (χ1v) is 6.27. The molecule has 0 spiro atoms. The molecule has 1 fully saturated rings. The molecule has 2 rings (SSSR count). The van der Waals surface area contributed by atoms with Crippen molar-refractivity contribution >= 4 is 11.8 Å². The van der Waals surface area contributed by atoms with E-state index >= 15 is 0 Å². The second kappa shape index (κ2) is 4.41. The third-order valence-electron chi connectivity index (χ3n) is 2.89. The zero-order valence-electron chi connectivity index (χ0n) is 8.75. The highest BCUT2D eigenvalue weighted by Gasteiger charge is 2.23. The monoisotopic (exact) mass is 211 g/mol. The molecule has 2 unspecified atom stereocenters. The molecule has 3 heteroatoms. The second-order valence-corrected chi connectivity index (χ2v) is 5.08. The Morgan fingerprint density at radius 3 is 3.00 bits per heavy atom. The summed E-state index contributed by atoms with van der Waals surface area (Å²) in [6.45, 7) is 5.28. The number of nitrogens with one attached hydrogen (secondary N) is 1. The number of rotatable bonds is 3. The van der Waals surface area contributed by atoms with E-state index in [1.807, 2.05) is 18.7 Å². The van der Waals surface area contributed by atoms with E-state index in [1.165, 1.54) is 17.1 Å². The Kier molecular flexibility index (Phi) is 3.19. The van der Waals surface area contributed by atoms with Crippen LogP contribution in [-0.4, -0.2) is 17.5 Å². The molecule has 1 saturated heterocycles. The fourth-order valence-electron chi connectivity index (χ4n) is 1.76. The first-order chi connectivity index (χ1) is 6.77. The summed E-state index contributed by atoms with van der Waals surface area (Å²) in [5.41, 5.74) is 1.29. The topological polar surface area (TPSA) is 25.2 Å². The van der Waals surface area contributed by atoms with Gasteiger partial charge in [-0.2, -0.15) is 11.8 Å². The second-order valence-electron chi connectivity index (χ2n) is 4.00. The van der Waals surface area contributed by atoms with E-state index in [9.17, 15) is 0 Å². The predicted molar refractivity (Wildman–Crippen MR) is 60.6 cm³/mol. The maximum Gasteiger partial charge on any atom is 0.105 e. The molecule has 1 aliphatic rings. The minimum Gasteiger partial charge on any atom is -0.469 e. The summed E-state index contributed by atoms with van der Waals surface area (Å²) in [4.78, 5) is 0. The van der Waals surface area contributed by atoms with Gasteiger partial charge in [0.1, 0.15) is 5.76 Å². The van der Waals surface area contributed by atoms with Gasteiger partial charge in [-0.25, -0.2) is 0 Å². The lowest BCUT2D eigenvalue weighted by molar-refractivity contribution is 0.449. The van der Waals surface area contributed by atoms with Crippen molar-refractivity contribution in [2.75, 3.05) is 11.5 Å². The summed E-state index contributed by atoms with van der Waals surface area (Å²) in [6.07, 6.45) is 1.76. The van der Waals surface area contributed by atoms with Crippen LogP contribution < -0.4 is 5.32 Å². The number of hydrogen-bond donors (Lipinski definition) is 1. The molecule has 1 aromatic heterocycles. The van der Waals surface area contributed by atoms with Gasteiger partial charge in [0.05, 0.1) is 6.26 Å². The Morgan fingerprint density at radius 2 is 2.43 bits per heavy atom. The van der Waals surface area contributed by atoms with Crippen molar-refractivity contribution < 1.29 is 4.42 Å². The predicted octanol–water partition coefficient (Wildman–Crippen LogP) is 2.43. The zero-order valence-corrected chi connectivity index (χ0v) is 9.56. The van der Waals surface area contributed by atoms with Crippen LogP contribution in [0.1, 0.15) is 18.2 Å². The lowest BCUT2D eigenvalue weighted by atomic mass is 10.1. The Labute approximate surface area is 89.4 Å². The summed E-state index contributed by atoms with van der Waals surface area (Å²) in [5.74, 6) is 4.38. The van der Waals surface area contributed by atoms with Gasteiger partial charge in [0.15, 0.2) is 0 Å². The lowest BCUT2D eigenvalue weighted by Crippen LogP contribution is -2.33. The van der Waals surface area contributed by atoms with Gasteiger partial charge in [-0.15, -0.1) is 0 Å². The minimum absolute atomic E-state index is 0.675. The third kappa shape index (κ3) is 2.15. The Balaban J connectivity index is 1.85. The summed E-state index contributed by atoms with van der Waals surface area (Å²) in [5, 5.41) is 3.59. The highest BCUT2D eigenvalue weighted by molar-refractivity contribution is 7.99. The fourth-order valence-corrected chi connectivity index (χ4v) is 3.20. The van der Waals surface area contributed by atoms with Gasteiger partial charge in [-0.3, -0.25) is 0 Å². The molecular formula is C11H17NOS. The van der Waals surface area contributed by atoms with Crippen LogP contribution in [0.25, 0.3) is 0 Å². The van der Waals surface area contributed by atoms with Crippen LogP contribution in [0.2, 0.25) is 0 Å². The number of aryl methyl sites for hydroxylation is 1. The first-order valence-electron chi connectivity index (χ1n) is 5.11. The molecule has 2 atom stereocenters. The lowest BCUT2D eigenvalue weighted by Gasteiger charge is -2.15. The van der Waals surface area contributed by atoms with Crippen molar-refractivity contribution in [3.8, 4) is 0 Å². The van der Waals surface area contributed by atoms with Gasteiger partial charge in [-0.1, -0.05) is 6.92 Å². The van der Waals surface area contributed by atoms with Gasteiger partial charge < -0.3 is 9.73 Å². The average Bonchev–Trinajstić information content (AvgIpc) is 2.72. The van der Waals surface area contributed by atoms with Crippen molar-refractivity contribution in [3.63, 3.8) is 0 Å². The summed E-state index contributed by atoms with van der Waals surface area (Å²) in [6, 6.07) is 2.73. The molecule has 1 N–H and O–H groups in total. The fraction of sp³-hybridized carbons (Fsp3) is 0.636. The molecule has 1 aliphatic heterocycles. The standard InChI is InChI=1S/C11H17NOS/c1-8-6-14-7-11(8)12-5-10-3-4-13-9(10)2/h3-4,8,11-12H,5-7H2,1-2H3. The molecule has 0 radical (unpaired) electrons. The molecule has 1 aromatic rings. The van der Waals surface area contributed by atoms with Crippen LogP contribution in [0.5, 0.6) is 0 Å². The number of furan rings is 1. The molecule has 2 heterocycles. The molecule has 0 bridgehead atoms. The van der Waals surface area contributed by atoms with E-state index in [0.717, 1.165) is 18.2 Å². The van der Waals surface area contributed by atoms with Crippen LogP contribution in [0.4, 0.5) is 0 Å². The average molecular weight is 211 g/mol. The van der Waals surface area contributed by atoms with Crippen LogP contribution in [-0.2, 0) is 6.54 Å². The van der Waals surface area contributed by atoms with E-state index in [4.69, 9.17) is 4.42 Å². The summed E-state index contributed by atoms with van der Waals surface area (Å²) < 4.78 is 5.26. The molecule has 0 saturated carbocycles. The highest BCUT2D eigenvalue weighted by Crippen LogP contribution is 2.23. The van der Waals surface area contributed by atoms with E-state index in [1.54, 1.807) is 6.26 Å². The van der Waals surface area contributed by atoms with E-state index < -0.39 is 0 Å². The van der Waals surface area contributed by atoms with Gasteiger partial charge in [0.25, 0.3) is 0 Å². The Morgan fingerprint density at radius 1 is 1.57 bits per heavy atom. The largest absolute Gasteiger partial charge is 0.469 e. The summed E-state index contributed by atoms with van der Waals surface area (Å²) in [7, 11) is 0. The number of thioether (sulfide) groups is 1. The van der Waals surface area contributed by atoms with Crippen molar-refractivity contribution in [2.45, 2.75) is 26.4 Å².